The Morgan fingerprint density at radius 1 is 1.32 bits per heavy atom. The predicted octanol–water partition coefficient (Wildman–Crippen LogP) is 3.43. The number of hydrogen-bond acceptors (Lipinski definition) is 4. The lowest BCUT2D eigenvalue weighted by molar-refractivity contribution is 0.441. The maximum atomic E-state index is 13.8. The third-order valence-electron chi connectivity index (χ3n) is 2.41. The number of anilines is 1. The smallest absolute Gasteiger partial charge is 0.183 e. The molecule has 0 aliphatic heterocycles. The molecule has 0 spiro atoms. The molecule has 0 heterocycles. The molecular formula is C13H9ClFN3O. The Kier molecular flexibility index (Phi) is 3.85. The average Bonchev–Trinajstić information content (AvgIpc) is 2.41. The number of hydrazine groups is 1. The normalized spacial score (nSPS) is 9.79. The van der Waals surface area contributed by atoms with Crippen LogP contribution < -0.4 is 16.0 Å². The quantitative estimate of drug-likeness (QED) is 0.666. The van der Waals surface area contributed by atoms with Gasteiger partial charge in [-0.05, 0) is 24.3 Å². The topological polar surface area (TPSA) is 71.1 Å². The largest absolute Gasteiger partial charge is 0.454 e. The summed E-state index contributed by atoms with van der Waals surface area (Å²) in [7, 11) is 0. The molecule has 0 atom stereocenters. The number of nitrogens with zero attached hydrogens (tertiary/aromatic N) is 1. The van der Waals surface area contributed by atoms with Gasteiger partial charge in [-0.25, -0.2) is 4.39 Å². The van der Waals surface area contributed by atoms with E-state index in [0.717, 1.165) is 0 Å². The Bertz CT molecular complexity index is 655. The van der Waals surface area contributed by atoms with Crippen molar-refractivity contribution in [3.05, 3.63) is 52.8 Å². The second-order valence-electron chi connectivity index (χ2n) is 3.62. The number of hydrogen-bond donors (Lipinski definition) is 2. The van der Waals surface area contributed by atoms with Crippen molar-refractivity contribution in [3.8, 4) is 17.6 Å². The molecule has 0 unspecified atom stereocenters. The maximum Gasteiger partial charge on any atom is 0.183 e. The van der Waals surface area contributed by atoms with Gasteiger partial charge < -0.3 is 10.2 Å². The van der Waals surface area contributed by atoms with Gasteiger partial charge in [0.15, 0.2) is 11.6 Å². The summed E-state index contributed by atoms with van der Waals surface area (Å²) in [6, 6.07) is 10.8. The molecule has 3 N–H and O–H groups in total. The highest BCUT2D eigenvalue weighted by atomic mass is 35.5. The number of nitrogens with two attached hydrogens (primary N) is 1. The second kappa shape index (κ2) is 5.57. The molecule has 0 fully saturated rings. The van der Waals surface area contributed by atoms with Crippen LogP contribution in [0, 0.1) is 17.1 Å². The molecule has 2 aromatic rings. The molecule has 19 heavy (non-hydrogen) atoms. The van der Waals surface area contributed by atoms with E-state index in [9.17, 15) is 4.39 Å². The van der Waals surface area contributed by atoms with Crippen molar-refractivity contribution < 1.29 is 9.13 Å². The van der Waals surface area contributed by atoms with Crippen LogP contribution in [-0.2, 0) is 0 Å². The first-order valence-corrected chi connectivity index (χ1v) is 5.66. The van der Waals surface area contributed by atoms with Crippen LogP contribution in [0.25, 0.3) is 0 Å². The summed E-state index contributed by atoms with van der Waals surface area (Å²) in [5.74, 6) is 4.84. The fourth-order valence-electron chi connectivity index (χ4n) is 1.48. The van der Waals surface area contributed by atoms with Crippen LogP contribution in [0.2, 0.25) is 5.02 Å². The zero-order valence-electron chi connectivity index (χ0n) is 9.65. The van der Waals surface area contributed by atoms with Crippen molar-refractivity contribution in [2.75, 3.05) is 5.43 Å². The molecule has 2 rings (SSSR count). The highest BCUT2D eigenvalue weighted by Crippen LogP contribution is 2.31. The predicted molar refractivity (Wildman–Crippen MR) is 70.5 cm³/mol. The molecule has 96 valence electrons. The average molecular weight is 278 g/mol. The fourth-order valence-corrected chi connectivity index (χ4v) is 1.70. The van der Waals surface area contributed by atoms with Gasteiger partial charge in [0.2, 0.25) is 0 Å². The van der Waals surface area contributed by atoms with E-state index in [1.54, 1.807) is 18.2 Å². The lowest BCUT2D eigenvalue weighted by atomic mass is 10.2. The Morgan fingerprint density at radius 2 is 2.11 bits per heavy atom. The minimum absolute atomic E-state index is 0.0384. The minimum Gasteiger partial charge on any atom is -0.454 e. The molecule has 6 heteroatoms. The molecule has 0 aromatic heterocycles. The van der Waals surface area contributed by atoms with Gasteiger partial charge in [-0.1, -0.05) is 17.7 Å². The van der Waals surface area contributed by atoms with Gasteiger partial charge in [0.25, 0.3) is 0 Å². The highest BCUT2D eigenvalue weighted by Gasteiger charge is 2.10. The van der Waals surface area contributed by atoms with Crippen LogP contribution in [0.15, 0.2) is 36.4 Å². The summed E-state index contributed by atoms with van der Waals surface area (Å²) in [4.78, 5) is 0. The fraction of sp³-hybridized carbons (Fsp3) is 0. The molecule has 0 saturated heterocycles. The zero-order valence-corrected chi connectivity index (χ0v) is 10.4. The second-order valence-corrected chi connectivity index (χ2v) is 4.02. The van der Waals surface area contributed by atoms with E-state index in [4.69, 9.17) is 27.4 Å². The van der Waals surface area contributed by atoms with Crippen LogP contribution in [0.1, 0.15) is 5.56 Å². The lowest BCUT2D eigenvalue weighted by Crippen LogP contribution is -2.06. The number of benzene rings is 2. The molecule has 0 amide bonds. The van der Waals surface area contributed by atoms with Crippen molar-refractivity contribution in [1.82, 2.24) is 0 Å². The van der Waals surface area contributed by atoms with Crippen molar-refractivity contribution >= 4 is 17.3 Å². The lowest BCUT2D eigenvalue weighted by Gasteiger charge is -2.09. The molecular weight excluding hydrogens is 269 g/mol. The zero-order chi connectivity index (χ0) is 13.8. The van der Waals surface area contributed by atoms with Gasteiger partial charge in [-0.2, -0.15) is 5.26 Å². The van der Waals surface area contributed by atoms with Crippen LogP contribution in [0.5, 0.6) is 11.5 Å². The van der Waals surface area contributed by atoms with Gasteiger partial charge in [0, 0.05) is 6.07 Å². The summed E-state index contributed by atoms with van der Waals surface area (Å²) in [6.45, 7) is 0. The van der Waals surface area contributed by atoms with E-state index in [1.165, 1.54) is 24.3 Å². The summed E-state index contributed by atoms with van der Waals surface area (Å²) in [6.07, 6.45) is 0. The summed E-state index contributed by atoms with van der Waals surface area (Å²) in [5.41, 5.74) is 2.86. The van der Waals surface area contributed by atoms with E-state index in [2.05, 4.69) is 5.43 Å². The number of nitriles is 1. The van der Waals surface area contributed by atoms with E-state index in [-0.39, 0.29) is 11.3 Å². The first-order valence-electron chi connectivity index (χ1n) is 5.28. The Morgan fingerprint density at radius 3 is 2.74 bits per heavy atom. The standard InChI is InChI=1S/C13H9ClFN3O/c14-10-6-9(4-5-11(10)18-17)19-12-3-1-2-8(7-16)13(12)15/h1-6,18H,17H2. The Labute approximate surface area is 114 Å². The summed E-state index contributed by atoms with van der Waals surface area (Å²) >= 11 is 5.93. The SMILES string of the molecule is N#Cc1cccc(Oc2ccc(NN)c(Cl)c2)c1F. The number of nitrogen functional groups attached to an aromatic ring is 1. The van der Waals surface area contributed by atoms with Gasteiger partial charge >= 0.3 is 0 Å². The Balaban J connectivity index is 2.32. The molecule has 0 bridgehead atoms. The number of nitrogens with one attached hydrogen (secondary N) is 1. The summed E-state index contributed by atoms with van der Waals surface area (Å²) in [5, 5.41) is 9.08. The molecule has 0 saturated carbocycles. The van der Waals surface area contributed by atoms with Crippen LogP contribution in [0.3, 0.4) is 0 Å². The monoisotopic (exact) mass is 277 g/mol. The number of ether oxygens (including phenoxy) is 1. The van der Waals surface area contributed by atoms with Crippen LogP contribution >= 0.6 is 11.6 Å². The first kappa shape index (κ1) is 13.1. The van der Waals surface area contributed by atoms with Crippen molar-refractivity contribution in [3.63, 3.8) is 0 Å². The Hall–Kier alpha value is -2.29. The minimum atomic E-state index is -0.706. The van der Waals surface area contributed by atoms with E-state index < -0.39 is 5.82 Å². The molecule has 4 nitrogen and oxygen atoms in total. The third kappa shape index (κ3) is 2.76. The van der Waals surface area contributed by atoms with Crippen molar-refractivity contribution in [1.29, 1.82) is 5.26 Å². The van der Waals surface area contributed by atoms with Gasteiger partial charge in [0.1, 0.15) is 11.8 Å². The van der Waals surface area contributed by atoms with Crippen molar-refractivity contribution in [2.45, 2.75) is 0 Å². The molecule has 0 radical (unpaired) electrons. The number of rotatable bonds is 3. The third-order valence-corrected chi connectivity index (χ3v) is 2.72. The van der Waals surface area contributed by atoms with Gasteiger partial charge in [-0.15, -0.1) is 0 Å². The van der Waals surface area contributed by atoms with E-state index in [1.807, 2.05) is 0 Å². The van der Waals surface area contributed by atoms with E-state index in [0.29, 0.717) is 16.5 Å². The number of halogens is 2. The molecule has 2 aromatic carbocycles. The molecule has 0 aliphatic carbocycles. The van der Waals surface area contributed by atoms with Crippen LogP contribution in [-0.4, -0.2) is 0 Å². The van der Waals surface area contributed by atoms with Gasteiger partial charge in [0.05, 0.1) is 16.3 Å². The maximum absolute atomic E-state index is 13.8. The molecule has 0 aliphatic rings. The van der Waals surface area contributed by atoms with Crippen LogP contribution in [0.4, 0.5) is 10.1 Å². The summed E-state index contributed by atoms with van der Waals surface area (Å²) < 4.78 is 19.1. The van der Waals surface area contributed by atoms with Gasteiger partial charge in [-0.3, -0.25) is 5.84 Å². The first-order chi connectivity index (χ1) is 9.15. The van der Waals surface area contributed by atoms with Crippen molar-refractivity contribution in [2.24, 2.45) is 5.84 Å². The van der Waals surface area contributed by atoms with E-state index >= 15 is 0 Å². The highest BCUT2D eigenvalue weighted by molar-refractivity contribution is 6.33.